The Kier molecular flexibility index (Phi) is 2.09. The Labute approximate surface area is 84.7 Å². The van der Waals surface area contributed by atoms with Gasteiger partial charge in [0.2, 0.25) is 0 Å². The first-order valence-corrected chi connectivity index (χ1v) is 4.58. The van der Waals surface area contributed by atoms with Crippen LogP contribution in [0.4, 0.5) is 19.0 Å². The van der Waals surface area contributed by atoms with Crippen molar-refractivity contribution in [3.63, 3.8) is 0 Å². The van der Waals surface area contributed by atoms with E-state index in [1.807, 2.05) is 0 Å². The van der Waals surface area contributed by atoms with Crippen LogP contribution in [-0.2, 0) is 0 Å². The van der Waals surface area contributed by atoms with E-state index in [-0.39, 0.29) is 18.7 Å². The lowest BCUT2D eigenvalue weighted by molar-refractivity contribution is -0.151. The molecule has 1 aliphatic rings. The molecule has 0 unspecified atom stereocenters. The number of nitrogens with one attached hydrogen (secondary N) is 1. The van der Waals surface area contributed by atoms with Crippen LogP contribution in [0.25, 0.3) is 0 Å². The van der Waals surface area contributed by atoms with Crippen molar-refractivity contribution in [1.82, 2.24) is 9.97 Å². The van der Waals surface area contributed by atoms with Crippen LogP contribution in [0, 0.1) is 6.92 Å². The first-order valence-electron chi connectivity index (χ1n) is 4.58. The van der Waals surface area contributed by atoms with Gasteiger partial charge in [-0.05, 0) is 25.8 Å². The molecule has 0 bridgehead atoms. The molecule has 1 fully saturated rings. The fraction of sp³-hybridized carbons (Fsp3) is 0.556. The van der Waals surface area contributed by atoms with E-state index in [1.165, 1.54) is 12.3 Å². The molecule has 0 amide bonds. The van der Waals surface area contributed by atoms with Crippen molar-refractivity contribution in [2.45, 2.75) is 31.5 Å². The number of hydrogen-bond acceptors (Lipinski definition) is 3. The second-order valence-electron chi connectivity index (χ2n) is 3.69. The molecule has 1 saturated carbocycles. The third-order valence-corrected chi connectivity index (χ3v) is 2.44. The van der Waals surface area contributed by atoms with Gasteiger partial charge in [-0.2, -0.15) is 13.2 Å². The quantitative estimate of drug-likeness (QED) is 0.825. The van der Waals surface area contributed by atoms with E-state index in [0.29, 0.717) is 5.82 Å². The number of rotatable bonds is 2. The topological polar surface area (TPSA) is 37.8 Å². The van der Waals surface area contributed by atoms with Crippen LogP contribution in [0.3, 0.4) is 0 Å². The zero-order chi connectivity index (χ0) is 11.1. The molecule has 1 N–H and O–H groups in total. The van der Waals surface area contributed by atoms with E-state index in [4.69, 9.17) is 0 Å². The molecule has 1 heterocycles. The van der Waals surface area contributed by atoms with Crippen LogP contribution in [0.5, 0.6) is 0 Å². The number of nitrogens with zero attached hydrogens (tertiary/aromatic N) is 2. The van der Waals surface area contributed by atoms with E-state index in [1.54, 1.807) is 6.92 Å². The molecule has 3 nitrogen and oxygen atoms in total. The van der Waals surface area contributed by atoms with Crippen molar-refractivity contribution >= 4 is 5.82 Å². The highest BCUT2D eigenvalue weighted by molar-refractivity contribution is 5.40. The van der Waals surface area contributed by atoms with Gasteiger partial charge in [0.25, 0.3) is 0 Å². The Hall–Kier alpha value is -1.33. The second-order valence-corrected chi connectivity index (χ2v) is 3.69. The molecule has 0 atom stereocenters. The minimum Gasteiger partial charge on any atom is -0.356 e. The fourth-order valence-corrected chi connectivity index (χ4v) is 1.38. The average Bonchev–Trinajstić information content (AvgIpc) is 2.84. The smallest absolute Gasteiger partial charge is 0.356 e. The number of alkyl halides is 3. The lowest BCUT2D eigenvalue weighted by Gasteiger charge is -2.21. The van der Waals surface area contributed by atoms with Crippen molar-refractivity contribution in [3.05, 3.63) is 18.1 Å². The van der Waals surface area contributed by atoms with Crippen molar-refractivity contribution in [3.8, 4) is 0 Å². The van der Waals surface area contributed by atoms with Gasteiger partial charge < -0.3 is 5.32 Å². The maximum absolute atomic E-state index is 12.6. The molecular weight excluding hydrogens is 207 g/mol. The zero-order valence-electron chi connectivity index (χ0n) is 8.10. The van der Waals surface area contributed by atoms with Gasteiger partial charge in [0.05, 0.1) is 0 Å². The van der Waals surface area contributed by atoms with Crippen molar-refractivity contribution in [2.24, 2.45) is 0 Å². The lowest BCUT2D eigenvalue weighted by Crippen LogP contribution is -2.38. The molecule has 1 aliphatic carbocycles. The van der Waals surface area contributed by atoms with E-state index >= 15 is 0 Å². The maximum Gasteiger partial charge on any atom is 0.411 e. The summed E-state index contributed by atoms with van der Waals surface area (Å²) in [4.78, 5) is 7.71. The summed E-state index contributed by atoms with van der Waals surface area (Å²) >= 11 is 0. The fourth-order valence-electron chi connectivity index (χ4n) is 1.38. The highest BCUT2D eigenvalue weighted by Crippen LogP contribution is 2.50. The van der Waals surface area contributed by atoms with Gasteiger partial charge in [-0.1, -0.05) is 0 Å². The molecule has 6 heteroatoms. The molecule has 0 aromatic carbocycles. The summed E-state index contributed by atoms with van der Waals surface area (Å²) in [6, 6.07) is 1.44. The van der Waals surface area contributed by atoms with E-state index in [2.05, 4.69) is 15.3 Å². The molecule has 0 aliphatic heterocycles. The average molecular weight is 217 g/mol. The SMILES string of the molecule is Cc1nccc(NC2(C(F)(F)F)CC2)n1. The van der Waals surface area contributed by atoms with Gasteiger partial charge in [0.1, 0.15) is 17.2 Å². The molecular formula is C9H10F3N3. The molecule has 0 saturated heterocycles. The van der Waals surface area contributed by atoms with Gasteiger partial charge in [0.15, 0.2) is 0 Å². The highest BCUT2D eigenvalue weighted by atomic mass is 19.4. The molecule has 1 aromatic heterocycles. The molecule has 0 spiro atoms. The minimum atomic E-state index is -4.22. The monoisotopic (exact) mass is 217 g/mol. The summed E-state index contributed by atoms with van der Waals surface area (Å²) in [6.07, 6.45) is -2.55. The van der Waals surface area contributed by atoms with Crippen LogP contribution in [0.1, 0.15) is 18.7 Å². The van der Waals surface area contributed by atoms with Crippen LogP contribution in [0.2, 0.25) is 0 Å². The second kappa shape index (κ2) is 3.08. The summed E-state index contributed by atoms with van der Waals surface area (Å²) < 4.78 is 37.7. The maximum atomic E-state index is 12.6. The number of anilines is 1. The van der Waals surface area contributed by atoms with Crippen molar-refractivity contribution in [1.29, 1.82) is 0 Å². The van der Waals surface area contributed by atoms with Crippen molar-refractivity contribution < 1.29 is 13.2 Å². The lowest BCUT2D eigenvalue weighted by atomic mass is 10.2. The van der Waals surface area contributed by atoms with Crippen LogP contribution >= 0.6 is 0 Å². The van der Waals surface area contributed by atoms with Crippen LogP contribution in [0.15, 0.2) is 12.3 Å². The molecule has 15 heavy (non-hydrogen) atoms. The molecule has 2 rings (SSSR count). The predicted octanol–water partition coefficient (Wildman–Crippen LogP) is 2.29. The Bertz CT molecular complexity index is 371. The number of aromatic nitrogens is 2. The summed E-state index contributed by atoms with van der Waals surface area (Å²) in [5, 5.41) is 2.43. The zero-order valence-corrected chi connectivity index (χ0v) is 8.10. The Morgan fingerprint density at radius 1 is 1.40 bits per heavy atom. The van der Waals surface area contributed by atoms with Gasteiger partial charge >= 0.3 is 6.18 Å². The molecule has 1 aromatic rings. The third-order valence-electron chi connectivity index (χ3n) is 2.44. The van der Waals surface area contributed by atoms with E-state index in [0.717, 1.165) is 0 Å². The largest absolute Gasteiger partial charge is 0.411 e. The standard InChI is InChI=1S/C9H10F3N3/c1-6-13-5-2-7(14-6)15-8(3-4-8)9(10,11)12/h2,5H,3-4H2,1H3,(H,13,14,15). The number of hydrogen-bond donors (Lipinski definition) is 1. The summed E-state index contributed by atoms with van der Waals surface area (Å²) in [5.41, 5.74) is -1.76. The summed E-state index contributed by atoms with van der Waals surface area (Å²) in [5.74, 6) is 0.690. The predicted molar refractivity (Wildman–Crippen MR) is 48.4 cm³/mol. The third kappa shape index (κ3) is 1.88. The van der Waals surface area contributed by atoms with Crippen LogP contribution in [-0.4, -0.2) is 21.7 Å². The van der Waals surface area contributed by atoms with E-state index < -0.39 is 11.7 Å². The Balaban J connectivity index is 2.16. The first kappa shape index (κ1) is 10.2. The number of aryl methyl sites for hydroxylation is 1. The molecule has 0 radical (unpaired) electrons. The normalized spacial score (nSPS) is 18.7. The van der Waals surface area contributed by atoms with E-state index in [9.17, 15) is 13.2 Å². The van der Waals surface area contributed by atoms with Gasteiger partial charge in [-0.25, -0.2) is 9.97 Å². The Morgan fingerprint density at radius 3 is 2.53 bits per heavy atom. The van der Waals surface area contributed by atoms with Crippen LogP contribution < -0.4 is 5.32 Å². The summed E-state index contributed by atoms with van der Waals surface area (Å²) in [6.45, 7) is 1.64. The van der Waals surface area contributed by atoms with Gasteiger partial charge in [0, 0.05) is 6.20 Å². The summed E-state index contributed by atoms with van der Waals surface area (Å²) in [7, 11) is 0. The van der Waals surface area contributed by atoms with Gasteiger partial charge in [-0.15, -0.1) is 0 Å². The molecule has 82 valence electrons. The first-order chi connectivity index (χ1) is 6.93. The highest BCUT2D eigenvalue weighted by Gasteiger charge is 2.63. The number of halogens is 3. The minimum absolute atomic E-state index is 0.111. The Morgan fingerprint density at radius 2 is 2.07 bits per heavy atom. The van der Waals surface area contributed by atoms with Crippen molar-refractivity contribution in [2.75, 3.05) is 5.32 Å². The van der Waals surface area contributed by atoms with Gasteiger partial charge in [-0.3, -0.25) is 0 Å².